The van der Waals surface area contributed by atoms with E-state index in [1.165, 1.54) is 70.9 Å². The molecule has 8 aliphatic rings. The zero-order valence-corrected chi connectivity index (χ0v) is 74.7. The first-order valence-corrected chi connectivity index (χ1v) is 46.1. The Hall–Kier alpha value is -14.7. The van der Waals surface area contributed by atoms with Gasteiger partial charge in [-0.3, -0.25) is 49.0 Å². The van der Waals surface area contributed by atoms with Crippen LogP contribution < -0.4 is 17.2 Å². The Balaban J connectivity index is 0.000000109. The van der Waals surface area contributed by atoms with Gasteiger partial charge in [0.1, 0.15) is 35.5 Å². The number of halogens is 4. The summed E-state index contributed by atoms with van der Waals surface area (Å²) in [6.07, 6.45) is 20.4. The van der Waals surface area contributed by atoms with Gasteiger partial charge in [0.25, 0.3) is 5.91 Å². The van der Waals surface area contributed by atoms with Gasteiger partial charge in [0, 0.05) is 232 Å². The van der Waals surface area contributed by atoms with Crippen LogP contribution in [0.4, 0.5) is 17.6 Å². The number of aromatic nitrogens is 8. The first-order chi connectivity index (χ1) is 66.8. The molecule has 4 fully saturated rings. The first-order valence-electron chi connectivity index (χ1n) is 46.6. The standard InChI is InChI=1S/C28H25FN4O2.C28H24FN3O2.C27H24FN3O2.C26H24FN5O2/c1-16-10-20(15-32-26(16)28(30)34)25-23-11-18-13-31-14-19(18)12-24(23)33(22-4-2-21(29)3-5-22)27(25)17-6-8-35-9-7-17;29-22-5-7-23(8-6-22)32-25-14-21-16-31-15-20(21)13-24(25)26(27(32)18-9-11-34-12-10-18)17-1-3-19(4-2-17)28(30)33;28-21-2-5-23(6-3-21)31-25-12-20-14-29-13-19(20)11-24(25)26(18-1-4-22(16-32)30-15-18)27(31)17-7-9-33-10-8-17;27-20-1-3-21(4-2-20)32-23-10-18-12-29-11-17(18)9-22(23)25(26(32)16-5-7-34-8-6-16)19-13-30-31(14-19)15-24(28)33/h2-5,10-12,14-15,17H,6-9,13H2,1H3,(H2,30,34);1-8,13-14,16,18H,9-12,15H2,(H2,30,33);1-6,11-12,14-15,17,32H,7-10,13,16H2;1-4,9-10,12-14,16H,5-8,11,15H2,(H2,28,33)/i;16D;;. The Labute approximate surface area is 781 Å². The first kappa shape index (κ1) is 86.7. The van der Waals surface area contributed by atoms with Crippen molar-refractivity contribution in [3.8, 4) is 67.3 Å². The predicted molar refractivity (Wildman–Crippen MR) is 519 cm³/mol. The molecule has 27 heteroatoms. The molecule has 0 spiro atoms. The Morgan fingerprint density at radius 2 is 0.743 bits per heavy atom. The number of aliphatic hydroxyl groups excluding tert-OH is 1. The Morgan fingerprint density at radius 1 is 0.397 bits per heavy atom. The molecule has 0 unspecified atom stereocenters. The quantitative estimate of drug-likeness (QED) is 0.0621. The van der Waals surface area contributed by atoms with Crippen molar-refractivity contribution in [2.24, 2.45) is 37.2 Å². The molecule has 0 atom stereocenters. The van der Waals surface area contributed by atoms with Gasteiger partial charge in [0.15, 0.2) is 0 Å². The zero-order chi connectivity index (χ0) is 93.8. The summed E-state index contributed by atoms with van der Waals surface area (Å²) in [6.45, 7) is 9.82. The highest BCUT2D eigenvalue weighted by atomic mass is 19.1. The lowest BCUT2D eigenvalue weighted by Gasteiger charge is -2.26. The van der Waals surface area contributed by atoms with Crippen molar-refractivity contribution in [3.05, 3.63) is 326 Å². The third-order valence-electron chi connectivity index (χ3n) is 27.3. The average Bonchev–Trinajstić information content (AvgIpc) is 1.58. The fourth-order valence-electron chi connectivity index (χ4n) is 20.9. The van der Waals surface area contributed by atoms with Crippen LogP contribution in [0.15, 0.2) is 233 Å². The molecule has 7 aromatic heterocycles. The molecule has 15 heterocycles. The number of aliphatic hydroxyl groups is 1. The zero-order valence-electron chi connectivity index (χ0n) is 75.7. The fourth-order valence-corrected chi connectivity index (χ4v) is 20.9. The van der Waals surface area contributed by atoms with Crippen molar-refractivity contribution < 1.29 is 57.4 Å². The second-order valence-electron chi connectivity index (χ2n) is 35.7. The number of fused-ring (bicyclic) bond motifs is 8. The maximum atomic E-state index is 13.9. The van der Waals surface area contributed by atoms with Gasteiger partial charge in [-0.2, -0.15) is 5.10 Å². The SMILES string of the molecule is Cc1cc(-c2c(C3CCOCC3)n(-c3ccc(F)cc3)c3cc4c(cc23)CN=C4)cnc1C(N)=O.NC(=O)Cn1cc(-c2c(C3CCOCC3)n(-c3ccc(F)cc3)c3cc4c(cc23)CN=C4)cn1.OCc1ccc(-c2c(C3CCOCC3)n(-c3ccc(F)cc3)c3cc4c(cc23)CN=C4)cn1.[2H]C1=NCc2cc3c(-c4ccc(C(N)=O)cc4)c(C4CCOCC4)n(-c4ccc(F)cc4)c3cc21. The lowest BCUT2D eigenvalue weighted by Crippen LogP contribution is -2.18. The lowest BCUT2D eigenvalue weighted by atomic mass is 9.89. The number of amides is 3. The van der Waals surface area contributed by atoms with E-state index >= 15 is 0 Å². The van der Waals surface area contributed by atoms with Crippen molar-refractivity contribution in [2.75, 3.05) is 52.9 Å². The minimum Gasteiger partial charge on any atom is -0.390 e. The minimum absolute atomic E-state index is 0.0203. The Bertz CT molecular complexity index is 7540. The van der Waals surface area contributed by atoms with Crippen LogP contribution >= 0.6 is 0 Å². The summed E-state index contributed by atoms with van der Waals surface area (Å²) in [5.74, 6) is -1.50. The third-order valence-corrected chi connectivity index (χ3v) is 27.3. The van der Waals surface area contributed by atoms with Gasteiger partial charge in [-0.05, 0) is 284 Å². The van der Waals surface area contributed by atoms with Gasteiger partial charge in [-0.15, -0.1) is 0 Å². The van der Waals surface area contributed by atoms with Crippen LogP contribution in [0.2, 0.25) is 0 Å². The van der Waals surface area contributed by atoms with Crippen molar-refractivity contribution in [1.82, 2.24) is 38.0 Å². The number of aliphatic imine (C=N–C) groups is 4. The summed E-state index contributed by atoms with van der Waals surface area (Å²) >= 11 is 0. The van der Waals surface area contributed by atoms with E-state index in [1.54, 1.807) is 41.3 Å². The maximum Gasteiger partial charge on any atom is 0.267 e. The molecule has 3 amide bonds. The highest BCUT2D eigenvalue weighted by molar-refractivity contribution is 6.08. The predicted octanol–water partition coefficient (Wildman–Crippen LogP) is 19.5. The highest BCUT2D eigenvalue weighted by Gasteiger charge is 2.36. The molecule has 24 rings (SSSR count). The van der Waals surface area contributed by atoms with Gasteiger partial charge >= 0.3 is 0 Å². The number of carbonyl (C=O) groups is 3. The van der Waals surface area contributed by atoms with Crippen LogP contribution in [0.1, 0.15) is 176 Å². The number of carbonyl (C=O) groups excluding carboxylic acids is 3. The highest BCUT2D eigenvalue weighted by Crippen LogP contribution is 2.51. The van der Waals surface area contributed by atoms with E-state index < -0.39 is 17.7 Å². The molecule has 0 radical (unpaired) electrons. The van der Waals surface area contributed by atoms with Crippen LogP contribution in [-0.4, -0.2) is 139 Å². The van der Waals surface area contributed by atoms with E-state index in [4.69, 9.17) is 37.5 Å². The molecule has 0 bridgehead atoms. The third kappa shape index (κ3) is 17.0. The number of rotatable bonds is 17. The van der Waals surface area contributed by atoms with Crippen LogP contribution in [-0.2, 0) is 63.1 Å². The fraction of sp³-hybridized carbons (Fsp3) is 0.248. The number of nitrogens with two attached hydrogens (primary N) is 3. The van der Waals surface area contributed by atoms with E-state index in [2.05, 4.69) is 95.8 Å². The van der Waals surface area contributed by atoms with Gasteiger partial charge < -0.3 is 59.5 Å². The summed E-state index contributed by atoms with van der Waals surface area (Å²) in [7, 11) is 0. The van der Waals surface area contributed by atoms with Crippen LogP contribution in [0, 0.1) is 30.2 Å². The maximum absolute atomic E-state index is 13.9. The van der Waals surface area contributed by atoms with Gasteiger partial charge in [0.05, 0.1) is 68.1 Å². The van der Waals surface area contributed by atoms with E-state index in [0.29, 0.717) is 83.0 Å². The molecule has 4 saturated heterocycles. The smallest absolute Gasteiger partial charge is 0.267 e. The lowest BCUT2D eigenvalue weighted by molar-refractivity contribution is -0.118. The molecular weight excluding hydrogens is 1720 g/mol. The molecule has 23 nitrogen and oxygen atoms in total. The van der Waals surface area contributed by atoms with Crippen LogP contribution in [0.25, 0.3) is 111 Å². The number of aryl methyl sites for hydroxylation is 1. The second-order valence-corrected chi connectivity index (χ2v) is 35.7. The molecule has 9 aromatic carbocycles. The van der Waals surface area contributed by atoms with Crippen molar-refractivity contribution >= 4 is 86.2 Å². The Morgan fingerprint density at radius 3 is 1.10 bits per heavy atom. The van der Waals surface area contributed by atoms with Gasteiger partial charge in [0.2, 0.25) is 11.8 Å². The largest absolute Gasteiger partial charge is 0.390 e. The van der Waals surface area contributed by atoms with Crippen molar-refractivity contribution in [1.29, 1.82) is 0 Å². The molecular formula is C109H97F4N15O8. The number of hydrogen-bond donors (Lipinski definition) is 4. The average molecular weight is 1820 g/mol. The van der Waals surface area contributed by atoms with Crippen molar-refractivity contribution in [3.63, 3.8) is 0 Å². The summed E-state index contributed by atoms with van der Waals surface area (Å²) < 4.78 is 97.0. The monoisotopic (exact) mass is 1820 g/mol. The number of ether oxygens (including phenoxy) is 4. The van der Waals surface area contributed by atoms with Crippen LogP contribution in [0.3, 0.4) is 0 Å². The summed E-state index contributed by atoms with van der Waals surface area (Å²) in [5.41, 5.74) is 47.8. The minimum atomic E-state index is -0.539. The second kappa shape index (κ2) is 37.6. The van der Waals surface area contributed by atoms with E-state index in [0.717, 1.165) is 226 Å². The summed E-state index contributed by atoms with van der Waals surface area (Å²) in [5, 5.41) is 18.3. The van der Waals surface area contributed by atoms with Crippen molar-refractivity contribution in [2.45, 2.75) is 121 Å². The van der Waals surface area contributed by atoms with Gasteiger partial charge in [-0.1, -0.05) is 18.2 Å². The molecule has 16 aromatic rings. The number of nitrogens with zero attached hydrogens (tertiary/aromatic N) is 12. The van der Waals surface area contributed by atoms with E-state index in [9.17, 15) is 37.1 Å². The Kier molecular flexibility index (Phi) is 24.0. The van der Waals surface area contributed by atoms with E-state index in [1.807, 2.05) is 111 Å². The number of hydrogen-bond acceptors (Lipinski definition) is 15. The number of primary amides is 3. The molecule has 8 aliphatic heterocycles. The molecule has 0 aliphatic carbocycles. The van der Waals surface area contributed by atoms with E-state index in [-0.39, 0.29) is 66.1 Å². The number of pyridine rings is 2. The normalized spacial score (nSPS) is 15.9. The topological polar surface area (TPSA) is 299 Å². The summed E-state index contributed by atoms with van der Waals surface area (Å²) in [6, 6.07) is 57.2. The number of benzene rings is 9. The molecule has 684 valence electrons. The molecule has 136 heavy (non-hydrogen) atoms. The molecule has 7 N–H and O–H groups in total. The van der Waals surface area contributed by atoms with Crippen LogP contribution in [0.5, 0.6) is 0 Å². The summed E-state index contributed by atoms with van der Waals surface area (Å²) in [4.78, 5) is 61.6. The van der Waals surface area contributed by atoms with Gasteiger partial charge in [-0.25, -0.2) is 17.6 Å². The molecule has 0 saturated carbocycles.